The fourth-order valence-corrected chi connectivity index (χ4v) is 2.67. The molecule has 0 unspecified atom stereocenters. The Kier molecular flexibility index (Phi) is 4.92. The summed E-state index contributed by atoms with van der Waals surface area (Å²) < 4.78 is 5.85. The molecule has 0 aliphatic carbocycles. The fourth-order valence-electron chi connectivity index (χ4n) is 2.67. The molecule has 1 aliphatic heterocycles. The molecule has 6 nitrogen and oxygen atoms in total. The van der Waals surface area contributed by atoms with Crippen molar-refractivity contribution in [1.82, 2.24) is 20.1 Å². The average Bonchev–Trinajstić information content (AvgIpc) is 2.61. The van der Waals surface area contributed by atoms with Gasteiger partial charge in [0.05, 0.1) is 12.7 Å². The predicted molar refractivity (Wildman–Crippen MR) is 84.5 cm³/mol. The Balaban J connectivity index is 1.55. The van der Waals surface area contributed by atoms with E-state index in [0.29, 0.717) is 6.04 Å². The number of nitrogens with zero attached hydrogens (tertiary/aromatic N) is 4. The minimum atomic E-state index is 0.148. The average molecular weight is 299 g/mol. The Morgan fingerprint density at radius 3 is 3.05 bits per heavy atom. The number of anilines is 1. The van der Waals surface area contributed by atoms with Crippen LogP contribution in [0.4, 0.5) is 5.82 Å². The summed E-state index contributed by atoms with van der Waals surface area (Å²) in [5.74, 6) is 0.781. The van der Waals surface area contributed by atoms with Crippen molar-refractivity contribution < 1.29 is 4.74 Å². The van der Waals surface area contributed by atoms with Crippen molar-refractivity contribution in [2.75, 3.05) is 31.6 Å². The first kappa shape index (κ1) is 14.9. The van der Waals surface area contributed by atoms with Crippen molar-refractivity contribution in [1.29, 1.82) is 0 Å². The molecule has 22 heavy (non-hydrogen) atoms. The minimum absolute atomic E-state index is 0.148. The zero-order valence-corrected chi connectivity index (χ0v) is 12.7. The first-order valence-corrected chi connectivity index (χ1v) is 7.60. The lowest BCUT2D eigenvalue weighted by atomic mass is 10.1. The van der Waals surface area contributed by atoms with Gasteiger partial charge in [-0.3, -0.25) is 9.88 Å². The van der Waals surface area contributed by atoms with Crippen molar-refractivity contribution in [3.05, 3.63) is 48.4 Å². The second-order valence-electron chi connectivity index (χ2n) is 5.44. The highest BCUT2D eigenvalue weighted by Crippen LogP contribution is 2.21. The Morgan fingerprint density at radius 2 is 2.27 bits per heavy atom. The van der Waals surface area contributed by atoms with Gasteiger partial charge in [0.25, 0.3) is 0 Å². The number of pyridine rings is 1. The number of morpholine rings is 1. The Morgan fingerprint density at radius 1 is 1.36 bits per heavy atom. The van der Waals surface area contributed by atoms with E-state index in [0.717, 1.165) is 32.1 Å². The lowest BCUT2D eigenvalue weighted by molar-refractivity contribution is -0.0346. The molecule has 3 rings (SSSR count). The standard InChI is InChI=1S/C16H21N5O/c1-13(14-4-2-6-17-10-14)21-8-9-22-15(12-21)11-18-16-5-3-7-19-20-16/h2-7,10,13,15H,8-9,11-12H2,1H3,(H,18,20)/t13-,15-/m0/s1. The smallest absolute Gasteiger partial charge is 0.148 e. The van der Waals surface area contributed by atoms with Gasteiger partial charge in [0, 0.05) is 44.3 Å². The number of rotatable bonds is 5. The van der Waals surface area contributed by atoms with Crippen molar-refractivity contribution in [3.8, 4) is 0 Å². The predicted octanol–water partition coefficient (Wildman–Crippen LogP) is 1.75. The van der Waals surface area contributed by atoms with Crippen LogP contribution in [0.5, 0.6) is 0 Å². The van der Waals surface area contributed by atoms with E-state index in [-0.39, 0.29) is 6.10 Å². The molecule has 0 amide bonds. The van der Waals surface area contributed by atoms with Crippen LogP contribution in [0.3, 0.4) is 0 Å². The van der Waals surface area contributed by atoms with Crippen LogP contribution in [0, 0.1) is 0 Å². The third-order valence-electron chi connectivity index (χ3n) is 3.97. The van der Waals surface area contributed by atoms with Crippen LogP contribution < -0.4 is 5.32 Å². The van der Waals surface area contributed by atoms with Crippen LogP contribution in [0.25, 0.3) is 0 Å². The minimum Gasteiger partial charge on any atom is -0.374 e. The molecule has 0 aromatic carbocycles. The first-order chi connectivity index (χ1) is 10.8. The molecule has 116 valence electrons. The largest absolute Gasteiger partial charge is 0.374 e. The van der Waals surface area contributed by atoms with Crippen LogP contribution in [0.2, 0.25) is 0 Å². The molecule has 0 saturated carbocycles. The van der Waals surface area contributed by atoms with E-state index in [1.807, 2.05) is 30.6 Å². The topological polar surface area (TPSA) is 63.2 Å². The summed E-state index contributed by atoms with van der Waals surface area (Å²) in [5.41, 5.74) is 1.24. The van der Waals surface area contributed by atoms with Crippen LogP contribution in [-0.2, 0) is 4.74 Å². The second-order valence-corrected chi connectivity index (χ2v) is 5.44. The van der Waals surface area contributed by atoms with Crippen molar-refractivity contribution >= 4 is 5.82 Å². The molecule has 6 heteroatoms. The molecule has 3 heterocycles. The summed E-state index contributed by atoms with van der Waals surface area (Å²) in [5, 5.41) is 11.2. The van der Waals surface area contributed by atoms with Gasteiger partial charge >= 0.3 is 0 Å². The van der Waals surface area contributed by atoms with E-state index in [4.69, 9.17) is 4.74 Å². The molecule has 0 spiro atoms. The van der Waals surface area contributed by atoms with Gasteiger partial charge in [0.15, 0.2) is 0 Å². The molecule has 1 N–H and O–H groups in total. The van der Waals surface area contributed by atoms with Crippen LogP contribution in [0.1, 0.15) is 18.5 Å². The monoisotopic (exact) mass is 299 g/mol. The molecule has 1 fully saturated rings. The van der Waals surface area contributed by atoms with Crippen molar-refractivity contribution in [2.45, 2.75) is 19.1 Å². The van der Waals surface area contributed by atoms with E-state index in [9.17, 15) is 0 Å². The van der Waals surface area contributed by atoms with Crippen molar-refractivity contribution in [3.63, 3.8) is 0 Å². The van der Waals surface area contributed by atoms with Gasteiger partial charge in [0.2, 0.25) is 0 Å². The third-order valence-corrected chi connectivity index (χ3v) is 3.97. The lowest BCUT2D eigenvalue weighted by Gasteiger charge is -2.37. The zero-order chi connectivity index (χ0) is 15.2. The summed E-state index contributed by atoms with van der Waals surface area (Å²) in [6.45, 7) is 5.53. The molecular weight excluding hydrogens is 278 g/mol. The van der Waals surface area contributed by atoms with Crippen LogP contribution in [0.15, 0.2) is 42.9 Å². The van der Waals surface area contributed by atoms with E-state index >= 15 is 0 Å². The maximum absolute atomic E-state index is 5.85. The van der Waals surface area contributed by atoms with Gasteiger partial charge in [-0.2, -0.15) is 5.10 Å². The summed E-state index contributed by atoms with van der Waals surface area (Å²) in [4.78, 5) is 6.64. The Hall–Kier alpha value is -2.05. The highest BCUT2D eigenvalue weighted by Gasteiger charge is 2.24. The van der Waals surface area contributed by atoms with Crippen molar-refractivity contribution in [2.24, 2.45) is 0 Å². The number of ether oxygens (including phenoxy) is 1. The number of hydrogen-bond acceptors (Lipinski definition) is 6. The van der Waals surface area contributed by atoms with Gasteiger partial charge in [-0.1, -0.05) is 6.07 Å². The zero-order valence-electron chi connectivity index (χ0n) is 12.7. The maximum Gasteiger partial charge on any atom is 0.148 e. The molecule has 0 bridgehead atoms. The van der Waals surface area contributed by atoms with E-state index in [1.54, 1.807) is 6.20 Å². The summed E-state index contributed by atoms with van der Waals surface area (Å²) >= 11 is 0. The van der Waals surface area contributed by atoms with E-state index in [1.165, 1.54) is 5.56 Å². The molecule has 2 atom stereocenters. The van der Waals surface area contributed by atoms with Gasteiger partial charge in [-0.15, -0.1) is 5.10 Å². The molecule has 0 radical (unpaired) electrons. The lowest BCUT2D eigenvalue weighted by Crippen LogP contribution is -2.46. The third kappa shape index (κ3) is 3.78. The number of nitrogens with one attached hydrogen (secondary N) is 1. The normalized spacial score (nSPS) is 20.5. The van der Waals surface area contributed by atoms with Crippen LogP contribution >= 0.6 is 0 Å². The molecule has 2 aromatic heterocycles. The van der Waals surface area contributed by atoms with Gasteiger partial charge in [0.1, 0.15) is 5.82 Å². The highest BCUT2D eigenvalue weighted by molar-refractivity contribution is 5.31. The fraction of sp³-hybridized carbons (Fsp3) is 0.438. The Bertz CT molecular complexity index is 565. The van der Waals surface area contributed by atoms with Gasteiger partial charge in [-0.05, 0) is 30.7 Å². The van der Waals surface area contributed by atoms with Crippen LogP contribution in [-0.4, -0.2) is 52.4 Å². The number of aromatic nitrogens is 3. The first-order valence-electron chi connectivity index (χ1n) is 7.60. The highest BCUT2D eigenvalue weighted by atomic mass is 16.5. The number of hydrogen-bond donors (Lipinski definition) is 1. The molecule has 1 aliphatic rings. The Labute approximate surface area is 130 Å². The molecule has 2 aromatic rings. The maximum atomic E-state index is 5.85. The molecule has 1 saturated heterocycles. The summed E-state index contributed by atoms with van der Waals surface area (Å²) in [7, 11) is 0. The summed E-state index contributed by atoms with van der Waals surface area (Å²) in [6.07, 6.45) is 5.56. The van der Waals surface area contributed by atoms with Gasteiger partial charge < -0.3 is 10.1 Å². The molecular formula is C16H21N5O. The quantitative estimate of drug-likeness (QED) is 0.907. The van der Waals surface area contributed by atoms with Gasteiger partial charge in [-0.25, -0.2) is 0 Å². The van der Waals surface area contributed by atoms with E-state index in [2.05, 4.69) is 38.4 Å². The summed E-state index contributed by atoms with van der Waals surface area (Å²) in [6, 6.07) is 8.23. The van der Waals surface area contributed by atoms with E-state index < -0.39 is 0 Å². The second kappa shape index (κ2) is 7.29. The SMILES string of the molecule is C[C@@H](c1cccnc1)N1CCO[C@@H](CNc2cccnn2)C1.